The van der Waals surface area contributed by atoms with Gasteiger partial charge in [0, 0.05) is 19.3 Å². The smallest absolute Gasteiger partial charge is 0.267 e. The maximum Gasteiger partial charge on any atom is 0.267 e. The lowest BCUT2D eigenvalue weighted by molar-refractivity contribution is 0.0927. The zero-order chi connectivity index (χ0) is 14.5. The van der Waals surface area contributed by atoms with Crippen LogP contribution in [-0.2, 0) is 6.54 Å². The van der Waals surface area contributed by atoms with Gasteiger partial charge in [-0.05, 0) is 51.4 Å². The molecule has 1 saturated heterocycles. The van der Waals surface area contributed by atoms with Crippen molar-refractivity contribution in [2.45, 2.75) is 33.2 Å². The lowest BCUT2D eigenvalue weighted by Gasteiger charge is -2.31. The van der Waals surface area contributed by atoms with E-state index in [1.165, 1.54) is 12.8 Å². The Labute approximate surface area is 121 Å². The lowest BCUT2D eigenvalue weighted by atomic mass is 9.97. The van der Waals surface area contributed by atoms with Gasteiger partial charge in [0.05, 0.1) is 5.69 Å². The Morgan fingerprint density at radius 1 is 1.35 bits per heavy atom. The molecule has 2 rings (SSSR count). The van der Waals surface area contributed by atoms with E-state index in [1.54, 1.807) is 6.07 Å². The third kappa shape index (κ3) is 3.54. The van der Waals surface area contributed by atoms with Crippen LogP contribution >= 0.6 is 0 Å². The molecular formula is C15H26N4O. The number of carbonyl (C=O) groups is 1. The number of hydrogen-bond acceptors (Lipinski definition) is 3. The molecule has 2 heterocycles. The normalized spacial score (nSPS) is 17.3. The van der Waals surface area contributed by atoms with E-state index in [1.807, 2.05) is 17.7 Å². The minimum atomic E-state index is -0.0125. The van der Waals surface area contributed by atoms with Gasteiger partial charge in [-0.3, -0.25) is 4.79 Å². The molecule has 1 aromatic heterocycles. The number of nitrogens with one attached hydrogen (secondary N) is 1. The van der Waals surface area contributed by atoms with Crippen LogP contribution in [0.4, 0.5) is 5.69 Å². The van der Waals surface area contributed by atoms with Gasteiger partial charge >= 0.3 is 0 Å². The van der Waals surface area contributed by atoms with Crippen LogP contribution in [0.2, 0.25) is 0 Å². The number of hydrogen-bond donors (Lipinski definition) is 2. The van der Waals surface area contributed by atoms with E-state index in [4.69, 9.17) is 5.73 Å². The van der Waals surface area contributed by atoms with Crippen molar-refractivity contribution < 1.29 is 4.79 Å². The molecular weight excluding hydrogens is 252 g/mol. The third-order valence-electron chi connectivity index (χ3n) is 4.20. The van der Waals surface area contributed by atoms with Gasteiger partial charge in [-0.15, -0.1) is 0 Å². The number of likely N-dealkylation sites (tertiary alicyclic amines) is 1. The van der Waals surface area contributed by atoms with Crippen molar-refractivity contribution in [2.75, 3.05) is 31.9 Å². The zero-order valence-electron chi connectivity index (χ0n) is 12.6. The van der Waals surface area contributed by atoms with Crippen LogP contribution in [0.5, 0.6) is 0 Å². The second-order valence-corrected chi connectivity index (χ2v) is 5.53. The van der Waals surface area contributed by atoms with Crippen molar-refractivity contribution in [1.29, 1.82) is 0 Å². The van der Waals surface area contributed by atoms with Gasteiger partial charge < -0.3 is 20.5 Å². The predicted molar refractivity (Wildman–Crippen MR) is 81.7 cm³/mol. The third-order valence-corrected chi connectivity index (χ3v) is 4.20. The average molecular weight is 278 g/mol. The molecule has 20 heavy (non-hydrogen) atoms. The average Bonchev–Trinajstić information content (AvgIpc) is 2.86. The Bertz CT molecular complexity index is 447. The highest BCUT2D eigenvalue weighted by molar-refractivity contribution is 5.93. The fourth-order valence-electron chi connectivity index (χ4n) is 2.82. The van der Waals surface area contributed by atoms with E-state index in [0.29, 0.717) is 17.3 Å². The summed E-state index contributed by atoms with van der Waals surface area (Å²) in [6.45, 7) is 9.16. The number of piperidine rings is 1. The number of rotatable bonds is 5. The predicted octanol–water partition coefficient (Wildman–Crippen LogP) is 1.55. The molecule has 1 aliphatic heterocycles. The van der Waals surface area contributed by atoms with E-state index >= 15 is 0 Å². The summed E-state index contributed by atoms with van der Waals surface area (Å²) in [7, 11) is 0. The molecule has 0 saturated carbocycles. The molecule has 0 unspecified atom stereocenters. The van der Waals surface area contributed by atoms with Crippen molar-refractivity contribution >= 4 is 11.6 Å². The quantitative estimate of drug-likeness (QED) is 0.859. The second-order valence-electron chi connectivity index (χ2n) is 5.53. The summed E-state index contributed by atoms with van der Waals surface area (Å²) in [6, 6.07) is 1.75. The Balaban J connectivity index is 1.83. The summed E-state index contributed by atoms with van der Waals surface area (Å²) < 4.78 is 1.89. The highest BCUT2D eigenvalue weighted by Gasteiger charge is 2.19. The van der Waals surface area contributed by atoms with Crippen molar-refractivity contribution in [3.63, 3.8) is 0 Å². The fraction of sp³-hybridized carbons (Fsp3) is 0.667. The maximum absolute atomic E-state index is 12.2. The SMILES string of the molecule is CCN1CCC(CNC(=O)c2cc(N)cn2CC)CC1. The van der Waals surface area contributed by atoms with Gasteiger partial charge in [-0.1, -0.05) is 6.92 Å². The van der Waals surface area contributed by atoms with Crippen LogP contribution in [0.25, 0.3) is 0 Å². The monoisotopic (exact) mass is 278 g/mol. The van der Waals surface area contributed by atoms with E-state index < -0.39 is 0 Å². The van der Waals surface area contributed by atoms with Crippen molar-refractivity contribution in [1.82, 2.24) is 14.8 Å². The summed E-state index contributed by atoms with van der Waals surface area (Å²) in [5, 5.41) is 3.06. The number of nitrogens with zero attached hydrogens (tertiary/aromatic N) is 2. The minimum Gasteiger partial charge on any atom is -0.397 e. The van der Waals surface area contributed by atoms with E-state index in [0.717, 1.165) is 32.7 Å². The van der Waals surface area contributed by atoms with Crippen molar-refractivity contribution in [2.24, 2.45) is 5.92 Å². The van der Waals surface area contributed by atoms with Gasteiger partial charge in [-0.25, -0.2) is 0 Å². The second kappa shape index (κ2) is 6.79. The molecule has 0 aliphatic carbocycles. The number of anilines is 1. The molecule has 0 spiro atoms. The first kappa shape index (κ1) is 14.9. The maximum atomic E-state index is 12.2. The van der Waals surface area contributed by atoms with Crippen LogP contribution < -0.4 is 11.1 Å². The van der Waals surface area contributed by atoms with Crippen molar-refractivity contribution in [3.8, 4) is 0 Å². The van der Waals surface area contributed by atoms with Crippen molar-refractivity contribution in [3.05, 3.63) is 18.0 Å². The van der Waals surface area contributed by atoms with Crippen LogP contribution in [0.3, 0.4) is 0 Å². The number of carbonyl (C=O) groups excluding carboxylic acids is 1. The molecule has 0 bridgehead atoms. The molecule has 112 valence electrons. The topological polar surface area (TPSA) is 63.3 Å². The van der Waals surface area contributed by atoms with Gasteiger partial charge in [0.25, 0.3) is 5.91 Å². The van der Waals surface area contributed by atoms with Gasteiger partial charge in [0.2, 0.25) is 0 Å². The number of aromatic nitrogens is 1. The Morgan fingerprint density at radius 3 is 2.65 bits per heavy atom. The Morgan fingerprint density at radius 2 is 2.05 bits per heavy atom. The highest BCUT2D eigenvalue weighted by atomic mass is 16.1. The highest BCUT2D eigenvalue weighted by Crippen LogP contribution is 2.16. The van der Waals surface area contributed by atoms with Crippen LogP contribution in [0.1, 0.15) is 37.2 Å². The summed E-state index contributed by atoms with van der Waals surface area (Å²) in [5.74, 6) is 0.589. The fourth-order valence-corrected chi connectivity index (χ4v) is 2.82. The first-order valence-electron chi connectivity index (χ1n) is 7.60. The molecule has 5 heteroatoms. The number of amides is 1. The molecule has 1 fully saturated rings. The Kier molecular flexibility index (Phi) is 5.06. The molecule has 0 radical (unpaired) electrons. The standard InChI is InChI=1S/C15H26N4O/c1-3-18-7-5-12(6-8-18)10-17-15(20)14-9-13(16)11-19(14)4-2/h9,11-12H,3-8,10,16H2,1-2H3,(H,17,20). The molecule has 0 aromatic carbocycles. The molecule has 0 atom stereocenters. The lowest BCUT2D eigenvalue weighted by Crippen LogP contribution is -2.38. The van der Waals surface area contributed by atoms with Gasteiger partial charge in [0.15, 0.2) is 0 Å². The van der Waals surface area contributed by atoms with Crippen LogP contribution in [0.15, 0.2) is 12.3 Å². The van der Waals surface area contributed by atoms with E-state index in [9.17, 15) is 4.79 Å². The summed E-state index contributed by atoms with van der Waals surface area (Å²) in [6.07, 6.45) is 4.16. The molecule has 1 aromatic rings. The van der Waals surface area contributed by atoms with Crippen LogP contribution in [0, 0.1) is 5.92 Å². The van der Waals surface area contributed by atoms with E-state index in [-0.39, 0.29) is 5.91 Å². The summed E-state index contributed by atoms with van der Waals surface area (Å²) >= 11 is 0. The van der Waals surface area contributed by atoms with E-state index in [2.05, 4.69) is 17.1 Å². The molecule has 1 aliphatic rings. The number of aryl methyl sites for hydroxylation is 1. The molecule has 3 N–H and O–H groups in total. The summed E-state index contributed by atoms with van der Waals surface area (Å²) in [5.41, 5.74) is 7.07. The largest absolute Gasteiger partial charge is 0.397 e. The summed E-state index contributed by atoms with van der Waals surface area (Å²) in [4.78, 5) is 14.7. The number of nitrogen functional groups attached to an aromatic ring is 1. The first-order valence-corrected chi connectivity index (χ1v) is 7.60. The van der Waals surface area contributed by atoms with Gasteiger partial charge in [-0.2, -0.15) is 0 Å². The molecule has 1 amide bonds. The van der Waals surface area contributed by atoms with Crippen LogP contribution in [-0.4, -0.2) is 41.6 Å². The zero-order valence-corrected chi connectivity index (χ0v) is 12.6. The first-order chi connectivity index (χ1) is 9.63. The van der Waals surface area contributed by atoms with Gasteiger partial charge in [0.1, 0.15) is 5.69 Å². The Hall–Kier alpha value is -1.49. The minimum absolute atomic E-state index is 0.0125. The molecule has 5 nitrogen and oxygen atoms in total. The number of nitrogens with two attached hydrogens (primary N) is 1.